The van der Waals surface area contributed by atoms with Crippen molar-refractivity contribution >= 4 is 35.1 Å². The lowest BCUT2D eigenvalue weighted by Gasteiger charge is -2.14. The fourth-order valence-electron chi connectivity index (χ4n) is 2.65. The highest BCUT2D eigenvalue weighted by Gasteiger charge is 2.36. The van der Waals surface area contributed by atoms with Gasteiger partial charge in [-0.05, 0) is 35.9 Å². The third kappa shape index (κ3) is 6.12. The SMILES string of the molecule is N#Cc1c(C(F)(F)F)cc(-c2ccc(SC(F)F)cc2)nc1SCc1ccc(Cl)cc1. The van der Waals surface area contributed by atoms with Crippen LogP contribution in [-0.2, 0) is 11.9 Å². The van der Waals surface area contributed by atoms with E-state index in [2.05, 4.69) is 4.98 Å². The Morgan fingerprint density at radius 2 is 1.68 bits per heavy atom. The van der Waals surface area contributed by atoms with Crippen LogP contribution in [0.25, 0.3) is 11.3 Å². The average molecular weight is 487 g/mol. The largest absolute Gasteiger partial charge is 0.417 e. The Kier molecular flexibility index (Phi) is 7.46. The lowest BCUT2D eigenvalue weighted by atomic mass is 10.1. The third-order valence-corrected chi connectivity index (χ3v) is 6.09. The van der Waals surface area contributed by atoms with Crippen molar-refractivity contribution in [3.8, 4) is 17.3 Å². The molecule has 3 aromatic rings. The van der Waals surface area contributed by atoms with Gasteiger partial charge in [0.25, 0.3) is 5.76 Å². The Hall–Kier alpha value is -2.28. The van der Waals surface area contributed by atoms with Gasteiger partial charge in [0.1, 0.15) is 11.1 Å². The van der Waals surface area contributed by atoms with E-state index in [1.54, 1.807) is 30.3 Å². The van der Waals surface area contributed by atoms with Gasteiger partial charge < -0.3 is 0 Å². The van der Waals surface area contributed by atoms with Crippen molar-refractivity contribution in [3.05, 3.63) is 76.3 Å². The van der Waals surface area contributed by atoms with Gasteiger partial charge in [-0.15, -0.1) is 11.8 Å². The fraction of sp³-hybridized carbons (Fsp3) is 0.143. The van der Waals surface area contributed by atoms with Crippen LogP contribution in [0.1, 0.15) is 16.7 Å². The quantitative estimate of drug-likeness (QED) is 0.262. The molecule has 0 aliphatic heterocycles. The number of benzene rings is 2. The molecule has 0 spiro atoms. The first-order valence-corrected chi connectivity index (χ1v) is 10.9. The number of nitrogens with zero attached hydrogens (tertiary/aromatic N) is 2. The predicted molar refractivity (Wildman–Crippen MR) is 112 cm³/mol. The summed E-state index contributed by atoms with van der Waals surface area (Å²) in [6.45, 7) is 0. The Morgan fingerprint density at radius 3 is 2.23 bits per heavy atom. The zero-order chi connectivity index (χ0) is 22.6. The van der Waals surface area contributed by atoms with Crippen molar-refractivity contribution in [2.45, 2.75) is 27.6 Å². The third-order valence-electron chi connectivity index (χ3n) is 4.07. The van der Waals surface area contributed by atoms with E-state index in [1.165, 1.54) is 24.3 Å². The van der Waals surface area contributed by atoms with Crippen molar-refractivity contribution in [2.75, 3.05) is 0 Å². The summed E-state index contributed by atoms with van der Waals surface area (Å²) in [4.78, 5) is 4.55. The molecular formula is C21H12ClF5N2S2. The van der Waals surface area contributed by atoms with E-state index in [0.29, 0.717) is 22.3 Å². The molecule has 0 saturated carbocycles. The maximum atomic E-state index is 13.6. The molecule has 31 heavy (non-hydrogen) atoms. The second-order valence-electron chi connectivity index (χ2n) is 6.16. The second-order valence-corrected chi connectivity index (χ2v) is 8.63. The molecule has 160 valence electrons. The number of pyridine rings is 1. The van der Waals surface area contributed by atoms with Crippen LogP contribution in [0.5, 0.6) is 0 Å². The number of hydrogen-bond acceptors (Lipinski definition) is 4. The number of halogens is 6. The van der Waals surface area contributed by atoms with Crippen molar-refractivity contribution in [2.24, 2.45) is 0 Å². The number of hydrogen-bond donors (Lipinski definition) is 0. The van der Waals surface area contributed by atoms with Gasteiger partial charge in [-0.2, -0.15) is 27.2 Å². The minimum Gasteiger partial charge on any atom is -0.240 e. The molecular weight excluding hydrogens is 475 g/mol. The second kappa shape index (κ2) is 9.90. The monoisotopic (exact) mass is 486 g/mol. The van der Waals surface area contributed by atoms with Crippen LogP contribution in [0.3, 0.4) is 0 Å². The minimum atomic E-state index is -4.76. The van der Waals surface area contributed by atoms with Crippen LogP contribution < -0.4 is 0 Å². The molecule has 3 rings (SSSR count). The highest BCUT2D eigenvalue weighted by atomic mass is 35.5. The molecule has 0 aliphatic rings. The lowest BCUT2D eigenvalue weighted by molar-refractivity contribution is -0.138. The topological polar surface area (TPSA) is 36.7 Å². The number of thioether (sulfide) groups is 2. The van der Waals surface area contributed by atoms with Crippen LogP contribution in [0.2, 0.25) is 5.02 Å². The molecule has 0 radical (unpaired) electrons. The molecule has 1 aromatic heterocycles. The molecule has 0 bridgehead atoms. The summed E-state index contributed by atoms with van der Waals surface area (Å²) in [6, 6.07) is 14.8. The summed E-state index contributed by atoms with van der Waals surface area (Å²) in [6.07, 6.45) is -4.76. The molecule has 0 aliphatic carbocycles. The maximum Gasteiger partial charge on any atom is 0.417 e. The van der Waals surface area contributed by atoms with Crippen molar-refractivity contribution in [3.63, 3.8) is 0 Å². The van der Waals surface area contributed by atoms with Crippen molar-refractivity contribution in [1.29, 1.82) is 5.26 Å². The number of rotatable bonds is 6. The van der Waals surface area contributed by atoms with Crippen LogP contribution in [0.15, 0.2) is 64.5 Å². The summed E-state index contributed by atoms with van der Waals surface area (Å²) in [5.74, 6) is -2.32. The molecule has 0 atom stereocenters. The van der Waals surface area contributed by atoms with E-state index in [9.17, 15) is 27.2 Å². The van der Waals surface area contributed by atoms with Gasteiger partial charge in [0, 0.05) is 21.2 Å². The molecule has 10 heteroatoms. The van der Waals surface area contributed by atoms with Crippen molar-refractivity contribution in [1.82, 2.24) is 4.98 Å². The molecule has 2 aromatic carbocycles. The van der Waals surface area contributed by atoms with Gasteiger partial charge >= 0.3 is 6.18 Å². The van der Waals surface area contributed by atoms with Crippen LogP contribution >= 0.6 is 35.1 Å². The van der Waals surface area contributed by atoms with Crippen LogP contribution in [0, 0.1) is 11.3 Å². The molecule has 0 N–H and O–H groups in total. The first-order valence-electron chi connectivity index (χ1n) is 8.62. The van der Waals surface area contributed by atoms with E-state index >= 15 is 0 Å². The van der Waals surface area contributed by atoms with E-state index in [1.807, 2.05) is 0 Å². The Morgan fingerprint density at radius 1 is 1.03 bits per heavy atom. The minimum absolute atomic E-state index is 0.00136. The average Bonchev–Trinajstić information content (AvgIpc) is 2.72. The zero-order valence-corrected chi connectivity index (χ0v) is 17.8. The highest BCUT2D eigenvalue weighted by Crippen LogP contribution is 2.39. The zero-order valence-electron chi connectivity index (χ0n) is 15.5. The summed E-state index contributed by atoms with van der Waals surface area (Å²) < 4.78 is 65.9. The van der Waals surface area contributed by atoms with Gasteiger partial charge in [-0.25, -0.2) is 4.98 Å². The molecule has 0 fully saturated rings. The summed E-state index contributed by atoms with van der Waals surface area (Å²) in [7, 11) is 0. The first-order chi connectivity index (χ1) is 14.7. The normalized spacial score (nSPS) is 11.5. The maximum absolute atomic E-state index is 13.6. The summed E-state index contributed by atoms with van der Waals surface area (Å²) >= 11 is 7.18. The standard InChI is InChI=1S/C21H12ClF5N2S2/c22-14-5-1-12(2-6-14)11-30-19-16(10-28)17(21(25,26)27)9-18(29-19)13-3-7-15(8-4-13)31-20(23)24/h1-9,20H,11H2. The van der Waals surface area contributed by atoms with Gasteiger partial charge in [-0.3, -0.25) is 0 Å². The number of alkyl halides is 5. The molecule has 0 amide bonds. The highest BCUT2D eigenvalue weighted by molar-refractivity contribution is 7.99. The van der Waals surface area contributed by atoms with Gasteiger partial charge in [0.05, 0.1) is 16.8 Å². The summed E-state index contributed by atoms with van der Waals surface area (Å²) in [5, 5.41) is 9.85. The first kappa shape index (κ1) is 23.4. The van der Waals surface area contributed by atoms with Crippen LogP contribution in [0.4, 0.5) is 22.0 Å². The smallest absolute Gasteiger partial charge is 0.240 e. The Bertz CT molecular complexity index is 1090. The molecule has 0 unspecified atom stereocenters. The van der Waals surface area contributed by atoms with Gasteiger partial charge in [-0.1, -0.05) is 47.6 Å². The Labute approximate surface area is 188 Å². The van der Waals surface area contributed by atoms with E-state index < -0.39 is 23.1 Å². The lowest BCUT2D eigenvalue weighted by Crippen LogP contribution is -2.10. The Balaban J connectivity index is 2.00. The number of nitriles is 1. The predicted octanol–water partition coefficient (Wildman–Crippen LogP) is 7.90. The van der Waals surface area contributed by atoms with E-state index in [4.69, 9.17) is 11.6 Å². The fourth-order valence-corrected chi connectivity index (χ4v) is 4.23. The van der Waals surface area contributed by atoms with Gasteiger partial charge in [0.15, 0.2) is 0 Å². The molecule has 2 nitrogen and oxygen atoms in total. The molecule has 0 saturated heterocycles. The summed E-state index contributed by atoms with van der Waals surface area (Å²) in [5.41, 5.74) is -0.530. The van der Waals surface area contributed by atoms with Crippen LogP contribution in [-0.4, -0.2) is 10.7 Å². The van der Waals surface area contributed by atoms with Crippen molar-refractivity contribution < 1.29 is 22.0 Å². The molecule has 1 heterocycles. The number of aromatic nitrogens is 1. The van der Waals surface area contributed by atoms with E-state index in [-0.39, 0.29) is 21.4 Å². The van der Waals surface area contributed by atoms with E-state index in [0.717, 1.165) is 23.4 Å². The van der Waals surface area contributed by atoms with Gasteiger partial charge in [0.2, 0.25) is 0 Å².